The largest absolute Gasteiger partial charge is 0.468 e. The second-order valence-corrected chi connectivity index (χ2v) is 5.26. The molecule has 110 valence electrons. The van der Waals surface area contributed by atoms with E-state index >= 15 is 0 Å². The van der Waals surface area contributed by atoms with Gasteiger partial charge in [0.15, 0.2) is 0 Å². The Balaban J connectivity index is 2.18. The molecule has 0 aliphatic heterocycles. The van der Waals surface area contributed by atoms with Crippen molar-refractivity contribution >= 4 is 23.4 Å². The van der Waals surface area contributed by atoms with E-state index in [9.17, 15) is 14.9 Å². The molecular formula is C12H11N3O5S. The van der Waals surface area contributed by atoms with Crippen LogP contribution in [0.2, 0.25) is 0 Å². The standard InChI is InChI=1S/C12H11N3O5S/c1-7(11(16)19-2)21-12-14-13-10(20-12)8-4-3-5-9(6-8)15(17)18/h3-7H,1-2H3/t7-/m0/s1. The summed E-state index contributed by atoms with van der Waals surface area (Å²) < 4.78 is 9.97. The highest BCUT2D eigenvalue weighted by Crippen LogP contribution is 2.28. The van der Waals surface area contributed by atoms with Crippen LogP contribution in [0.3, 0.4) is 0 Å². The van der Waals surface area contributed by atoms with Crippen molar-refractivity contribution in [2.75, 3.05) is 7.11 Å². The Morgan fingerprint density at radius 3 is 2.90 bits per heavy atom. The van der Waals surface area contributed by atoms with Crippen molar-refractivity contribution < 1.29 is 18.9 Å². The number of ether oxygens (including phenoxy) is 1. The lowest BCUT2D eigenvalue weighted by molar-refractivity contribution is -0.384. The third-order valence-electron chi connectivity index (χ3n) is 2.52. The Kier molecular flexibility index (Phi) is 4.53. The van der Waals surface area contributed by atoms with Gasteiger partial charge in [-0.05, 0) is 13.0 Å². The quantitative estimate of drug-likeness (QED) is 0.358. The highest BCUT2D eigenvalue weighted by molar-refractivity contribution is 8.00. The Morgan fingerprint density at radius 2 is 2.24 bits per heavy atom. The summed E-state index contributed by atoms with van der Waals surface area (Å²) in [5.41, 5.74) is 0.372. The zero-order valence-corrected chi connectivity index (χ0v) is 12.0. The summed E-state index contributed by atoms with van der Waals surface area (Å²) in [6.45, 7) is 1.65. The van der Waals surface area contributed by atoms with Crippen LogP contribution in [0, 0.1) is 10.1 Å². The predicted molar refractivity (Wildman–Crippen MR) is 73.7 cm³/mol. The molecule has 2 rings (SSSR count). The minimum Gasteiger partial charge on any atom is -0.468 e. The first-order valence-corrected chi connectivity index (χ1v) is 6.72. The Hall–Kier alpha value is -2.42. The molecule has 0 aliphatic carbocycles. The van der Waals surface area contributed by atoms with Crippen molar-refractivity contribution in [3.05, 3.63) is 34.4 Å². The zero-order valence-electron chi connectivity index (χ0n) is 11.2. The van der Waals surface area contributed by atoms with Crippen molar-refractivity contribution in [1.82, 2.24) is 10.2 Å². The third kappa shape index (κ3) is 3.57. The van der Waals surface area contributed by atoms with Gasteiger partial charge in [-0.15, -0.1) is 10.2 Å². The molecule has 0 aliphatic rings. The van der Waals surface area contributed by atoms with Gasteiger partial charge in [0.05, 0.1) is 12.0 Å². The number of nitro groups is 1. The van der Waals surface area contributed by atoms with E-state index in [4.69, 9.17) is 4.42 Å². The summed E-state index contributed by atoms with van der Waals surface area (Å²) in [6.07, 6.45) is 0. The zero-order chi connectivity index (χ0) is 15.4. The molecule has 21 heavy (non-hydrogen) atoms. The average molecular weight is 309 g/mol. The van der Waals surface area contributed by atoms with Gasteiger partial charge in [0.2, 0.25) is 5.89 Å². The fraction of sp³-hybridized carbons (Fsp3) is 0.250. The molecule has 0 radical (unpaired) electrons. The minimum absolute atomic E-state index is 0.0668. The van der Waals surface area contributed by atoms with Crippen LogP contribution in [0.25, 0.3) is 11.5 Å². The number of carbonyl (C=O) groups is 1. The van der Waals surface area contributed by atoms with E-state index in [2.05, 4.69) is 14.9 Å². The molecule has 1 atom stereocenters. The van der Waals surface area contributed by atoms with Crippen molar-refractivity contribution in [3.63, 3.8) is 0 Å². The van der Waals surface area contributed by atoms with Crippen molar-refractivity contribution in [2.45, 2.75) is 17.4 Å². The van der Waals surface area contributed by atoms with E-state index < -0.39 is 16.1 Å². The summed E-state index contributed by atoms with van der Waals surface area (Å²) in [4.78, 5) is 21.5. The first kappa shape index (κ1) is 15.0. The summed E-state index contributed by atoms with van der Waals surface area (Å²) in [5, 5.41) is 18.0. The Morgan fingerprint density at radius 1 is 1.48 bits per heavy atom. The van der Waals surface area contributed by atoms with Crippen LogP contribution in [0.4, 0.5) is 5.69 Å². The Bertz CT molecular complexity index is 672. The second-order valence-electron chi connectivity index (χ2n) is 3.96. The SMILES string of the molecule is COC(=O)[C@H](C)Sc1nnc(-c2cccc([N+](=O)[O-])c2)o1. The number of non-ortho nitro benzene ring substituents is 1. The van der Waals surface area contributed by atoms with Gasteiger partial charge < -0.3 is 9.15 Å². The van der Waals surface area contributed by atoms with Crippen LogP contribution < -0.4 is 0 Å². The van der Waals surface area contributed by atoms with E-state index in [1.807, 2.05) is 0 Å². The van der Waals surface area contributed by atoms with E-state index in [1.165, 1.54) is 25.3 Å². The van der Waals surface area contributed by atoms with Crippen LogP contribution >= 0.6 is 11.8 Å². The van der Waals surface area contributed by atoms with Crippen LogP contribution in [0.15, 0.2) is 33.9 Å². The van der Waals surface area contributed by atoms with E-state index in [0.29, 0.717) is 5.56 Å². The topological polar surface area (TPSA) is 108 Å². The molecule has 0 unspecified atom stereocenters. The molecule has 2 aromatic rings. The first-order chi connectivity index (χ1) is 10.0. The van der Waals surface area contributed by atoms with Gasteiger partial charge in [-0.3, -0.25) is 14.9 Å². The fourth-order valence-electron chi connectivity index (χ4n) is 1.49. The summed E-state index contributed by atoms with van der Waals surface area (Å²) in [7, 11) is 1.29. The van der Waals surface area contributed by atoms with Crippen molar-refractivity contribution in [2.24, 2.45) is 0 Å². The highest BCUT2D eigenvalue weighted by atomic mass is 32.2. The number of aromatic nitrogens is 2. The molecule has 1 aromatic heterocycles. The van der Waals surface area contributed by atoms with Gasteiger partial charge in [0.1, 0.15) is 5.25 Å². The molecule has 0 saturated carbocycles. The number of hydrogen-bond acceptors (Lipinski definition) is 8. The number of esters is 1. The number of methoxy groups -OCH3 is 1. The molecule has 0 spiro atoms. The van der Waals surface area contributed by atoms with Crippen LogP contribution in [-0.2, 0) is 9.53 Å². The van der Waals surface area contributed by atoms with E-state index in [1.54, 1.807) is 13.0 Å². The van der Waals surface area contributed by atoms with Crippen molar-refractivity contribution in [3.8, 4) is 11.5 Å². The lowest BCUT2D eigenvalue weighted by Crippen LogP contribution is -2.14. The molecule has 1 heterocycles. The van der Waals surface area contributed by atoms with Crippen molar-refractivity contribution in [1.29, 1.82) is 0 Å². The first-order valence-electron chi connectivity index (χ1n) is 5.84. The third-order valence-corrected chi connectivity index (χ3v) is 3.43. The number of hydrogen-bond donors (Lipinski definition) is 0. The lowest BCUT2D eigenvalue weighted by Gasteiger charge is -2.04. The normalized spacial score (nSPS) is 11.9. The van der Waals surface area contributed by atoms with Crippen LogP contribution in [-0.4, -0.2) is 33.4 Å². The lowest BCUT2D eigenvalue weighted by atomic mass is 10.2. The number of nitro benzene ring substituents is 1. The van der Waals surface area contributed by atoms with Gasteiger partial charge in [-0.1, -0.05) is 17.8 Å². The molecular weight excluding hydrogens is 298 g/mol. The van der Waals surface area contributed by atoms with Gasteiger partial charge in [0, 0.05) is 17.7 Å². The maximum Gasteiger partial charge on any atom is 0.319 e. The maximum absolute atomic E-state index is 11.3. The molecule has 9 heteroatoms. The van der Waals surface area contributed by atoms with Gasteiger partial charge in [-0.2, -0.15) is 0 Å². The Labute approximate surface area is 123 Å². The molecule has 0 saturated heterocycles. The maximum atomic E-state index is 11.3. The van der Waals surface area contributed by atoms with Gasteiger partial charge in [0.25, 0.3) is 10.9 Å². The number of thioether (sulfide) groups is 1. The molecule has 0 amide bonds. The smallest absolute Gasteiger partial charge is 0.319 e. The van der Waals surface area contributed by atoms with Gasteiger partial charge >= 0.3 is 5.97 Å². The van der Waals surface area contributed by atoms with Crippen LogP contribution in [0.5, 0.6) is 0 Å². The second kappa shape index (κ2) is 6.35. The predicted octanol–water partition coefficient (Wildman–Crippen LogP) is 2.30. The summed E-state index contributed by atoms with van der Waals surface area (Å²) >= 11 is 1.05. The minimum atomic E-state index is -0.505. The summed E-state index contributed by atoms with van der Waals surface area (Å²) in [5.74, 6) is -0.256. The van der Waals surface area contributed by atoms with E-state index in [0.717, 1.165) is 11.8 Å². The number of carbonyl (C=O) groups excluding carboxylic acids is 1. The van der Waals surface area contributed by atoms with Crippen LogP contribution in [0.1, 0.15) is 6.92 Å². The molecule has 0 bridgehead atoms. The monoisotopic (exact) mass is 309 g/mol. The molecule has 0 N–H and O–H groups in total. The molecule has 8 nitrogen and oxygen atoms in total. The average Bonchev–Trinajstić information content (AvgIpc) is 2.95. The van der Waals surface area contributed by atoms with E-state index in [-0.39, 0.29) is 16.8 Å². The molecule has 0 fully saturated rings. The number of benzene rings is 1. The summed E-state index contributed by atoms with van der Waals surface area (Å²) in [6, 6.07) is 5.86. The van der Waals surface area contributed by atoms with Gasteiger partial charge in [-0.25, -0.2) is 0 Å². The fourth-order valence-corrected chi connectivity index (χ4v) is 2.20. The number of nitrogens with zero attached hydrogens (tertiary/aromatic N) is 3. The highest BCUT2D eigenvalue weighted by Gasteiger charge is 2.19. The molecule has 1 aromatic carbocycles. The number of rotatable bonds is 5.